The molecule has 4 rings (SSSR count). The van der Waals surface area contributed by atoms with Gasteiger partial charge >= 0.3 is 0 Å². The molecule has 2 saturated heterocycles. The smallest absolute Gasteiger partial charge is 0.255 e. The highest BCUT2D eigenvalue weighted by Gasteiger charge is 2.36. The van der Waals surface area contributed by atoms with Crippen LogP contribution in [0.25, 0.3) is 0 Å². The summed E-state index contributed by atoms with van der Waals surface area (Å²) in [5, 5.41) is 3.21. The molecule has 0 aromatic heterocycles. The number of carbonyl (C=O) groups excluding carboxylic acids is 1. The normalized spacial score (nSPS) is 27.0. The van der Waals surface area contributed by atoms with Crippen LogP contribution >= 0.6 is 0 Å². The molecule has 7 nitrogen and oxygen atoms in total. The summed E-state index contributed by atoms with van der Waals surface area (Å²) in [4.78, 5) is 15.5. The van der Waals surface area contributed by atoms with Crippen LogP contribution in [0.4, 0.5) is 0 Å². The van der Waals surface area contributed by atoms with E-state index in [2.05, 4.69) is 24.1 Å². The van der Waals surface area contributed by atoms with Crippen molar-refractivity contribution in [2.24, 2.45) is 0 Å². The maximum Gasteiger partial charge on any atom is 0.255 e. The number of benzene rings is 1. The molecule has 1 N–H and O–H groups in total. The number of rotatable bonds is 7. The van der Waals surface area contributed by atoms with E-state index in [9.17, 15) is 4.79 Å². The summed E-state index contributed by atoms with van der Waals surface area (Å²) in [6, 6.07) is 5.81. The molecular weight excluding hydrogens is 396 g/mol. The van der Waals surface area contributed by atoms with Crippen molar-refractivity contribution >= 4 is 5.91 Å². The van der Waals surface area contributed by atoms with Crippen molar-refractivity contribution in [3.05, 3.63) is 29.3 Å². The van der Waals surface area contributed by atoms with Gasteiger partial charge in [0.15, 0.2) is 5.79 Å². The van der Waals surface area contributed by atoms with E-state index in [4.69, 9.17) is 18.9 Å². The number of ether oxygens (including phenoxy) is 4. The van der Waals surface area contributed by atoms with Gasteiger partial charge in [-0.25, -0.2) is 0 Å². The Morgan fingerprint density at radius 1 is 1.26 bits per heavy atom. The number of methoxy groups -OCH3 is 1. The highest BCUT2D eigenvalue weighted by Crippen LogP contribution is 2.37. The zero-order valence-electron chi connectivity index (χ0n) is 19.2. The van der Waals surface area contributed by atoms with Crippen LogP contribution < -0.4 is 10.1 Å². The van der Waals surface area contributed by atoms with Crippen molar-refractivity contribution in [3.8, 4) is 5.75 Å². The van der Waals surface area contributed by atoms with Gasteiger partial charge in [-0.1, -0.05) is 12.1 Å². The summed E-state index contributed by atoms with van der Waals surface area (Å²) in [6.45, 7) is 10.2. The van der Waals surface area contributed by atoms with Crippen LogP contribution in [0.1, 0.15) is 56.0 Å². The minimum absolute atomic E-state index is 0.0157. The second-order valence-corrected chi connectivity index (χ2v) is 9.71. The number of piperidine rings is 1. The molecule has 0 spiro atoms. The second-order valence-electron chi connectivity index (χ2n) is 9.71. The Balaban J connectivity index is 1.31. The Morgan fingerprint density at radius 2 is 2.03 bits per heavy atom. The highest BCUT2D eigenvalue weighted by atomic mass is 16.7. The SMILES string of the molecule is COC1CN(CCCC2(C)OCCO2)CCC1NC(=O)c1cccc2c1OC(C)(C)C2. The molecule has 3 heterocycles. The summed E-state index contributed by atoms with van der Waals surface area (Å²) >= 11 is 0. The topological polar surface area (TPSA) is 69.3 Å². The lowest BCUT2D eigenvalue weighted by atomic mass is 9.98. The number of hydrogen-bond donors (Lipinski definition) is 1. The van der Waals surface area contributed by atoms with Gasteiger partial charge in [0.25, 0.3) is 5.91 Å². The predicted molar refractivity (Wildman–Crippen MR) is 118 cm³/mol. The van der Waals surface area contributed by atoms with Crippen LogP contribution in [0.3, 0.4) is 0 Å². The molecule has 1 aromatic carbocycles. The molecule has 1 aromatic rings. The van der Waals surface area contributed by atoms with Gasteiger partial charge in [-0.3, -0.25) is 4.79 Å². The van der Waals surface area contributed by atoms with Crippen molar-refractivity contribution in [2.75, 3.05) is 40.0 Å². The fourth-order valence-corrected chi connectivity index (χ4v) is 4.95. The molecule has 0 bridgehead atoms. The lowest BCUT2D eigenvalue weighted by molar-refractivity contribution is -0.148. The number of nitrogens with one attached hydrogen (secondary N) is 1. The van der Waals surface area contributed by atoms with Gasteiger partial charge in [-0.05, 0) is 51.8 Å². The van der Waals surface area contributed by atoms with Crippen LogP contribution in [0.5, 0.6) is 5.75 Å². The minimum Gasteiger partial charge on any atom is -0.486 e. The number of hydrogen-bond acceptors (Lipinski definition) is 6. The molecule has 3 aliphatic heterocycles. The number of nitrogens with zero attached hydrogens (tertiary/aromatic N) is 1. The van der Waals surface area contributed by atoms with E-state index in [1.165, 1.54) is 0 Å². The van der Waals surface area contributed by atoms with E-state index < -0.39 is 5.79 Å². The maximum atomic E-state index is 13.1. The highest BCUT2D eigenvalue weighted by molar-refractivity contribution is 5.97. The van der Waals surface area contributed by atoms with Gasteiger partial charge in [0.2, 0.25) is 0 Å². The van der Waals surface area contributed by atoms with E-state index in [1.54, 1.807) is 7.11 Å². The van der Waals surface area contributed by atoms with Gasteiger partial charge in [0, 0.05) is 33.0 Å². The average Bonchev–Trinajstić information content (AvgIpc) is 3.30. The second kappa shape index (κ2) is 9.06. The molecule has 0 radical (unpaired) electrons. The third-order valence-corrected chi connectivity index (χ3v) is 6.60. The summed E-state index contributed by atoms with van der Waals surface area (Å²) in [5.41, 5.74) is 1.44. The number of carbonyl (C=O) groups is 1. The first-order valence-corrected chi connectivity index (χ1v) is 11.4. The third kappa shape index (κ3) is 5.22. The molecule has 2 atom stereocenters. The molecule has 1 amide bonds. The van der Waals surface area contributed by atoms with Crippen molar-refractivity contribution in [2.45, 2.75) is 70.0 Å². The Labute approximate surface area is 185 Å². The van der Waals surface area contributed by atoms with Crippen molar-refractivity contribution in [1.29, 1.82) is 0 Å². The molecule has 3 aliphatic rings. The van der Waals surface area contributed by atoms with E-state index in [0.717, 1.165) is 56.6 Å². The average molecular weight is 433 g/mol. The van der Waals surface area contributed by atoms with Crippen LogP contribution in [0.15, 0.2) is 18.2 Å². The fourth-order valence-electron chi connectivity index (χ4n) is 4.95. The third-order valence-electron chi connectivity index (χ3n) is 6.60. The standard InChI is InChI=1S/C24H36N2O5/c1-23(2)15-17-7-5-8-18(21(17)31-23)22(27)25-19-9-12-26(16-20(19)28-4)11-6-10-24(3)29-13-14-30-24/h5,7-8,19-20H,6,9-16H2,1-4H3,(H,25,27). The van der Waals surface area contributed by atoms with Crippen LogP contribution in [0.2, 0.25) is 0 Å². The summed E-state index contributed by atoms with van der Waals surface area (Å²) < 4.78 is 23.2. The van der Waals surface area contributed by atoms with Crippen LogP contribution in [0, 0.1) is 0 Å². The molecule has 2 fully saturated rings. The van der Waals surface area contributed by atoms with Crippen molar-refractivity contribution < 1.29 is 23.7 Å². The first-order chi connectivity index (χ1) is 14.8. The molecule has 172 valence electrons. The Kier molecular flexibility index (Phi) is 6.58. The summed E-state index contributed by atoms with van der Waals surface area (Å²) in [6.07, 6.45) is 3.53. The van der Waals surface area contributed by atoms with Gasteiger partial charge in [0.05, 0.1) is 30.9 Å². The van der Waals surface area contributed by atoms with E-state index in [1.807, 2.05) is 25.1 Å². The Morgan fingerprint density at radius 3 is 2.77 bits per heavy atom. The maximum absolute atomic E-state index is 13.1. The van der Waals surface area contributed by atoms with E-state index >= 15 is 0 Å². The van der Waals surface area contributed by atoms with Gasteiger partial charge < -0.3 is 29.2 Å². The van der Waals surface area contributed by atoms with Crippen molar-refractivity contribution in [3.63, 3.8) is 0 Å². The van der Waals surface area contributed by atoms with Crippen LogP contribution in [-0.4, -0.2) is 74.3 Å². The number of amides is 1. The molecule has 0 saturated carbocycles. The van der Waals surface area contributed by atoms with Crippen LogP contribution in [-0.2, 0) is 20.6 Å². The molecule has 31 heavy (non-hydrogen) atoms. The molecular formula is C24H36N2O5. The molecule has 0 aliphatic carbocycles. The fraction of sp³-hybridized carbons (Fsp3) is 0.708. The van der Waals surface area contributed by atoms with E-state index in [0.29, 0.717) is 18.8 Å². The number of fused-ring (bicyclic) bond motifs is 1. The zero-order chi connectivity index (χ0) is 22.1. The first kappa shape index (κ1) is 22.5. The predicted octanol–water partition coefficient (Wildman–Crippen LogP) is 2.76. The lowest BCUT2D eigenvalue weighted by Gasteiger charge is -2.38. The Bertz CT molecular complexity index is 790. The summed E-state index contributed by atoms with van der Waals surface area (Å²) in [7, 11) is 1.72. The summed E-state index contributed by atoms with van der Waals surface area (Å²) in [5.74, 6) is 0.208. The van der Waals surface area contributed by atoms with Crippen molar-refractivity contribution in [1.82, 2.24) is 10.2 Å². The Hall–Kier alpha value is -1.67. The van der Waals surface area contributed by atoms with Gasteiger partial charge in [-0.2, -0.15) is 0 Å². The molecule has 7 heteroatoms. The lowest BCUT2D eigenvalue weighted by Crippen LogP contribution is -2.55. The first-order valence-electron chi connectivity index (χ1n) is 11.4. The van der Waals surface area contributed by atoms with E-state index in [-0.39, 0.29) is 23.7 Å². The zero-order valence-corrected chi connectivity index (χ0v) is 19.2. The quantitative estimate of drug-likeness (QED) is 0.715. The number of para-hydroxylation sites is 1. The van der Waals surface area contributed by atoms with Gasteiger partial charge in [-0.15, -0.1) is 0 Å². The van der Waals surface area contributed by atoms with Gasteiger partial charge in [0.1, 0.15) is 11.4 Å². The molecule has 2 unspecified atom stereocenters. The number of likely N-dealkylation sites (tertiary alicyclic amines) is 1. The minimum atomic E-state index is -0.431. The largest absolute Gasteiger partial charge is 0.486 e. The monoisotopic (exact) mass is 432 g/mol.